The lowest BCUT2D eigenvalue weighted by atomic mass is 10.0. The average Bonchev–Trinajstić information content (AvgIpc) is 2.97. The first kappa shape index (κ1) is 40.4. The minimum Gasteiger partial charge on any atom is -0.479 e. The molecule has 1 atom stereocenters. The molecule has 0 saturated carbocycles. The van der Waals surface area contributed by atoms with Crippen molar-refractivity contribution in [3.05, 3.63) is 0 Å². The fraction of sp³-hybridized carbons (Fsp3) is 0.974. The summed E-state index contributed by atoms with van der Waals surface area (Å²) >= 11 is 0. The third-order valence-corrected chi connectivity index (χ3v) is 9.12. The smallest absolute Gasteiger partial charge is 0.332 e. The van der Waals surface area contributed by atoms with Crippen LogP contribution in [0.25, 0.3) is 0 Å². The second-order valence-corrected chi connectivity index (χ2v) is 13.3. The summed E-state index contributed by atoms with van der Waals surface area (Å²) in [4.78, 5) is 10.6. The van der Waals surface area contributed by atoms with E-state index >= 15 is 0 Å². The van der Waals surface area contributed by atoms with Gasteiger partial charge in [-0.15, -0.1) is 0 Å². The molecule has 0 aromatic rings. The largest absolute Gasteiger partial charge is 0.479 e. The molecule has 0 aliphatic heterocycles. The van der Waals surface area contributed by atoms with Gasteiger partial charge < -0.3 is 10.2 Å². The van der Waals surface area contributed by atoms with Crippen molar-refractivity contribution in [2.24, 2.45) is 0 Å². The third-order valence-electron chi connectivity index (χ3n) is 9.12. The van der Waals surface area contributed by atoms with Gasteiger partial charge in [-0.25, -0.2) is 4.79 Å². The van der Waals surface area contributed by atoms with E-state index in [1.807, 2.05) is 0 Å². The van der Waals surface area contributed by atoms with E-state index in [0.29, 0.717) is 6.42 Å². The van der Waals surface area contributed by atoms with Gasteiger partial charge in [-0.3, -0.25) is 0 Å². The molecular weight excluding hydrogens is 504 g/mol. The predicted octanol–water partition coefficient (Wildman–Crippen LogP) is 13.1. The van der Waals surface area contributed by atoms with Crippen LogP contribution in [0.3, 0.4) is 0 Å². The van der Waals surface area contributed by atoms with Crippen LogP contribution in [-0.4, -0.2) is 22.3 Å². The van der Waals surface area contributed by atoms with Gasteiger partial charge >= 0.3 is 5.97 Å². The zero-order valence-electron chi connectivity index (χ0n) is 28.1. The van der Waals surface area contributed by atoms with E-state index in [4.69, 9.17) is 5.11 Å². The summed E-state index contributed by atoms with van der Waals surface area (Å²) in [5.41, 5.74) is 0. The summed E-state index contributed by atoms with van der Waals surface area (Å²) in [6.45, 7) is 2.30. The van der Waals surface area contributed by atoms with Crippen molar-refractivity contribution in [1.82, 2.24) is 0 Å². The normalized spacial score (nSPS) is 12.2. The molecule has 41 heavy (non-hydrogen) atoms. The summed E-state index contributed by atoms with van der Waals surface area (Å²) in [7, 11) is 0. The van der Waals surface area contributed by atoms with Gasteiger partial charge in [-0.05, 0) is 6.42 Å². The Morgan fingerprint density at radius 1 is 0.366 bits per heavy atom. The zero-order chi connectivity index (χ0) is 29.9. The van der Waals surface area contributed by atoms with Crippen LogP contribution in [0.5, 0.6) is 0 Å². The van der Waals surface area contributed by atoms with Crippen LogP contribution >= 0.6 is 0 Å². The Morgan fingerprint density at radius 2 is 0.537 bits per heavy atom. The van der Waals surface area contributed by atoms with E-state index in [0.717, 1.165) is 12.8 Å². The van der Waals surface area contributed by atoms with Crippen molar-refractivity contribution in [2.45, 2.75) is 238 Å². The average molecular weight is 581 g/mol. The zero-order valence-corrected chi connectivity index (χ0v) is 28.1. The van der Waals surface area contributed by atoms with Crippen LogP contribution in [0.4, 0.5) is 0 Å². The van der Waals surface area contributed by atoms with Gasteiger partial charge in [0.25, 0.3) is 0 Å². The molecule has 0 amide bonds. The highest BCUT2D eigenvalue weighted by Gasteiger charge is 2.11. The van der Waals surface area contributed by atoms with Gasteiger partial charge in [0.15, 0.2) is 6.10 Å². The highest BCUT2D eigenvalue weighted by Crippen LogP contribution is 2.17. The minimum absolute atomic E-state index is 0.398. The minimum atomic E-state index is -1.17. The van der Waals surface area contributed by atoms with E-state index in [9.17, 15) is 9.90 Å². The van der Waals surface area contributed by atoms with Gasteiger partial charge in [0, 0.05) is 0 Å². The Hall–Kier alpha value is -0.570. The van der Waals surface area contributed by atoms with Crippen LogP contribution in [0.1, 0.15) is 232 Å². The molecule has 0 aliphatic rings. The number of hydrogen-bond donors (Lipinski definition) is 2. The number of carboxylic acid groups (broad SMARTS) is 1. The van der Waals surface area contributed by atoms with Gasteiger partial charge in [0.05, 0.1) is 0 Å². The van der Waals surface area contributed by atoms with E-state index in [2.05, 4.69) is 6.92 Å². The molecule has 246 valence electrons. The van der Waals surface area contributed by atoms with Crippen molar-refractivity contribution in [1.29, 1.82) is 0 Å². The highest BCUT2D eigenvalue weighted by atomic mass is 16.4. The third kappa shape index (κ3) is 35.5. The summed E-state index contributed by atoms with van der Waals surface area (Å²) < 4.78 is 0. The highest BCUT2D eigenvalue weighted by molar-refractivity contribution is 5.71. The Bertz CT molecular complexity index is 492. The van der Waals surface area contributed by atoms with Crippen molar-refractivity contribution < 1.29 is 15.0 Å². The van der Waals surface area contributed by atoms with Crippen molar-refractivity contribution in [2.75, 3.05) is 0 Å². The van der Waals surface area contributed by atoms with Gasteiger partial charge in [0.1, 0.15) is 0 Å². The SMILES string of the molecule is CCCCCCCCCCCCCCCCCCCCCCCCCCCCCCCCCCCCC(O)C(=O)O. The predicted molar refractivity (Wildman–Crippen MR) is 181 cm³/mol. The lowest BCUT2D eigenvalue weighted by Crippen LogP contribution is -2.18. The van der Waals surface area contributed by atoms with Crippen molar-refractivity contribution in [3.8, 4) is 0 Å². The Labute approximate surface area is 258 Å². The molecule has 0 aromatic carbocycles. The maximum Gasteiger partial charge on any atom is 0.332 e. The van der Waals surface area contributed by atoms with E-state index < -0.39 is 12.1 Å². The standard InChI is InChI=1S/C38H76O3/c1-2-3-4-5-6-7-8-9-10-11-12-13-14-15-16-17-18-19-20-21-22-23-24-25-26-27-28-29-30-31-32-33-34-35-36-37(39)38(40)41/h37,39H,2-36H2,1H3,(H,40,41). The summed E-state index contributed by atoms with van der Waals surface area (Å²) in [5.74, 6) is -1.09. The fourth-order valence-corrected chi connectivity index (χ4v) is 6.19. The summed E-state index contributed by atoms with van der Waals surface area (Å²) in [6, 6.07) is 0. The number of carbonyl (C=O) groups is 1. The van der Waals surface area contributed by atoms with Crippen molar-refractivity contribution in [3.63, 3.8) is 0 Å². The molecule has 0 aliphatic carbocycles. The van der Waals surface area contributed by atoms with Crippen LogP contribution in [-0.2, 0) is 4.79 Å². The maximum atomic E-state index is 10.6. The van der Waals surface area contributed by atoms with Crippen LogP contribution in [0, 0.1) is 0 Å². The second-order valence-electron chi connectivity index (χ2n) is 13.3. The number of unbranched alkanes of at least 4 members (excludes halogenated alkanes) is 33. The quantitative estimate of drug-likeness (QED) is 0.0724. The van der Waals surface area contributed by atoms with E-state index in [1.165, 1.54) is 205 Å². The molecule has 1 unspecified atom stereocenters. The Balaban J connectivity index is 3.05. The first-order valence-electron chi connectivity index (χ1n) is 19.1. The number of hydrogen-bond acceptors (Lipinski definition) is 2. The molecule has 0 rings (SSSR count). The Morgan fingerprint density at radius 3 is 0.707 bits per heavy atom. The molecule has 0 radical (unpaired) electrons. The lowest BCUT2D eigenvalue weighted by Gasteiger charge is -2.05. The Kier molecular flexibility index (Phi) is 35.1. The van der Waals surface area contributed by atoms with Crippen LogP contribution in [0.15, 0.2) is 0 Å². The summed E-state index contributed by atoms with van der Waals surface area (Å²) in [6.07, 6.45) is 46.8. The van der Waals surface area contributed by atoms with Crippen molar-refractivity contribution >= 4 is 5.97 Å². The number of rotatable bonds is 36. The van der Waals surface area contributed by atoms with Gasteiger partial charge in [0.2, 0.25) is 0 Å². The second kappa shape index (κ2) is 35.6. The topological polar surface area (TPSA) is 57.5 Å². The summed E-state index contributed by atoms with van der Waals surface area (Å²) in [5, 5.41) is 17.9. The number of aliphatic hydroxyl groups excluding tert-OH is 1. The fourth-order valence-electron chi connectivity index (χ4n) is 6.19. The van der Waals surface area contributed by atoms with Gasteiger partial charge in [-0.2, -0.15) is 0 Å². The molecular formula is C38H76O3. The molecule has 0 heterocycles. The molecule has 0 spiro atoms. The first-order chi connectivity index (χ1) is 20.2. The molecule has 3 heteroatoms. The number of aliphatic hydroxyl groups is 1. The molecule has 0 bridgehead atoms. The molecule has 0 aromatic heterocycles. The maximum absolute atomic E-state index is 10.6. The number of carboxylic acids is 1. The number of aliphatic carboxylic acids is 1. The van der Waals surface area contributed by atoms with E-state index in [-0.39, 0.29) is 0 Å². The molecule has 0 saturated heterocycles. The molecule has 3 nitrogen and oxygen atoms in total. The lowest BCUT2D eigenvalue weighted by molar-refractivity contribution is -0.146. The van der Waals surface area contributed by atoms with Crippen LogP contribution < -0.4 is 0 Å². The first-order valence-corrected chi connectivity index (χ1v) is 19.1. The van der Waals surface area contributed by atoms with Gasteiger partial charge in [-0.1, -0.05) is 225 Å². The van der Waals surface area contributed by atoms with E-state index in [1.54, 1.807) is 0 Å². The monoisotopic (exact) mass is 581 g/mol. The molecule has 0 fully saturated rings. The van der Waals surface area contributed by atoms with Crippen LogP contribution in [0.2, 0.25) is 0 Å². The molecule has 2 N–H and O–H groups in total.